The number of amides is 2. The number of hydrogen-bond donors (Lipinski definition) is 6. The maximum Gasteiger partial charge on any atom is 0.317 e. The maximum absolute atomic E-state index is 12.8. The summed E-state index contributed by atoms with van der Waals surface area (Å²) in [6, 6.07) is 13.7. The third-order valence-electron chi connectivity index (χ3n) is 17.0. The number of anilines is 4. The van der Waals surface area contributed by atoms with Crippen LogP contribution in [-0.4, -0.2) is 45.9 Å². The number of benzene rings is 2. The molecule has 2 amide bonds. The van der Waals surface area contributed by atoms with Gasteiger partial charge in [-0.15, -0.1) is 0 Å². The summed E-state index contributed by atoms with van der Waals surface area (Å²) >= 11 is 0. The van der Waals surface area contributed by atoms with E-state index in [1.54, 1.807) is 42.5 Å². The van der Waals surface area contributed by atoms with Crippen molar-refractivity contribution in [2.75, 3.05) is 22.1 Å². The van der Waals surface area contributed by atoms with Gasteiger partial charge < -0.3 is 37.1 Å². The SMILES string of the molecule is CCCCCCCCCCCCCCC/C=C/CC(CC(=O)Nc1cccc(NC(=O)CC(C/C=C/CCCCCCCCCCCCCCC)C(=O)O)c1)C(=O)O.CCCCCCCCCCCCCCC/C=C/CC1CC(=O)OC1=O.Nc1cccc(N)c1. The second-order valence-electron chi connectivity index (χ2n) is 25.7. The zero-order valence-electron chi connectivity index (χ0n) is 57.7. The Bertz CT molecular complexity index is 2140. The number of nitrogens with one attached hydrogen (secondary N) is 2. The molecule has 13 heteroatoms. The fourth-order valence-electron chi connectivity index (χ4n) is 11.3. The topological polar surface area (TPSA) is 228 Å². The van der Waals surface area contributed by atoms with Crippen molar-refractivity contribution in [1.82, 2.24) is 0 Å². The van der Waals surface area contributed by atoms with Crippen molar-refractivity contribution >= 4 is 58.4 Å². The molecule has 3 rings (SSSR count). The second kappa shape index (κ2) is 60.5. The van der Waals surface area contributed by atoms with Crippen LogP contribution in [0, 0.1) is 17.8 Å². The van der Waals surface area contributed by atoms with Crippen molar-refractivity contribution in [3.63, 3.8) is 0 Å². The Morgan fingerprint density at radius 3 is 1.01 bits per heavy atom. The van der Waals surface area contributed by atoms with Gasteiger partial charge in [-0.05, 0) is 94.2 Å². The van der Waals surface area contributed by atoms with Gasteiger partial charge in [-0.1, -0.05) is 301 Å². The number of rotatable bonds is 56. The van der Waals surface area contributed by atoms with E-state index in [2.05, 4.69) is 42.2 Å². The average Bonchev–Trinajstić information content (AvgIpc) is 3.95. The molecule has 8 N–H and O–H groups in total. The molecule has 516 valence electrons. The van der Waals surface area contributed by atoms with Gasteiger partial charge >= 0.3 is 23.9 Å². The molecular weight excluding hydrogens is 1140 g/mol. The Kier molecular flexibility index (Phi) is 55.4. The molecule has 0 saturated carbocycles. The van der Waals surface area contributed by atoms with Crippen LogP contribution in [0.2, 0.25) is 0 Å². The third kappa shape index (κ3) is 52.5. The zero-order chi connectivity index (χ0) is 66.5. The molecule has 91 heavy (non-hydrogen) atoms. The molecule has 1 fully saturated rings. The first-order chi connectivity index (χ1) is 44.3. The van der Waals surface area contributed by atoms with E-state index < -0.39 is 35.6 Å². The van der Waals surface area contributed by atoms with Gasteiger partial charge in [-0.3, -0.25) is 28.8 Å². The predicted molar refractivity (Wildman–Crippen MR) is 382 cm³/mol. The summed E-state index contributed by atoms with van der Waals surface area (Å²) in [5, 5.41) is 25.0. The van der Waals surface area contributed by atoms with Crippen molar-refractivity contribution in [1.29, 1.82) is 0 Å². The number of cyclic esters (lactones) is 2. The number of carbonyl (C=O) groups is 6. The van der Waals surface area contributed by atoms with Crippen LogP contribution in [0.4, 0.5) is 22.7 Å². The summed E-state index contributed by atoms with van der Waals surface area (Å²) in [5.41, 5.74) is 13.0. The van der Waals surface area contributed by atoms with Crippen LogP contribution in [0.25, 0.3) is 0 Å². The number of allylic oxidation sites excluding steroid dienone is 6. The minimum absolute atomic E-state index is 0.165. The number of nitrogens with two attached hydrogens (primary N) is 2. The van der Waals surface area contributed by atoms with E-state index in [9.17, 15) is 39.0 Å². The molecule has 0 spiro atoms. The molecule has 3 unspecified atom stereocenters. The first-order valence-electron chi connectivity index (χ1n) is 36.7. The minimum Gasteiger partial charge on any atom is -0.481 e. The van der Waals surface area contributed by atoms with E-state index in [4.69, 9.17) is 11.5 Å². The van der Waals surface area contributed by atoms with Gasteiger partial charge in [0.2, 0.25) is 11.8 Å². The highest BCUT2D eigenvalue weighted by molar-refractivity contribution is 5.96. The molecule has 3 atom stereocenters. The Morgan fingerprint density at radius 2 is 0.736 bits per heavy atom. The van der Waals surface area contributed by atoms with Gasteiger partial charge in [0.1, 0.15) is 0 Å². The lowest BCUT2D eigenvalue weighted by atomic mass is 10.00. The van der Waals surface area contributed by atoms with Gasteiger partial charge in [-0.2, -0.15) is 0 Å². The molecule has 1 aliphatic heterocycles. The Hall–Kier alpha value is -5.72. The molecule has 1 saturated heterocycles. The van der Waals surface area contributed by atoms with Crippen LogP contribution in [0.3, 0.4) is 0 Å². The smallest absolute Gasteiger partial charge is 0.317 e. The normalized spacial score (nSPS) is 13.6. The molecular formula is C78H130N4O9. The van der Waals surface area contributed by atoms with Gasteiger partial charge in [-0.25, -0.2) is 0 Å². The number of ether oxygens (including phenoxy) is 1. The molecule has 1 aliphatic rings. The number of aliphatic carboxylic acids is 2. The van der Waals surface area contributed by atoms with Crippen LogP contribution in [0.15, 0.2) is 85.0 Å². The summed E-state index contributed by atoms with van der Waals surface area (Å²) in [7, 11) is 0. The van der Waals surface area contributed by atoms with Crippen molar-refractivity contribution in [2.45, 2.75) is 329 Å². The Labute approximate surface area is 553 Å². The van der Waals surface area contributed by atoms with Gasteiger partial charge in [0.05, 0.1) is 24.2 Å². The van der Waals surface area contributed by atoms with Gasteiger partial charge in [0.15, 0.2) is 0 Å². The van der Waals surface area contributed by atoms with Crippen molar-refractivity contribution < 1.29 is 43.7 Å². The number of carboxylic acid groups (broad SMARTS) is 2. The first kappa shape index (κ1) is 83.3. The van der Waals surface area contributed by atoms with Crippen LogP contribution in [0.5, 0.6) is 0 Å². The van der Waals surface area contributed by atoms with Crippen molar-refractivity contribution in [3.05, 3.63) is 85.0 Å². The molecule has 1 heterocycles. The van der Waals surface area contributed by atoms with Crippen LogP contribution < -0.4 is 22.1 Å². The van der Waals surface area contributed by atoms with Gasteiger partial charge in [0.25, 0.3) is 0 Å². The predicted octanol–water partition coefficient (Wildman–Crippen LogP) is 22.0. The molecule has 2 aromatic carbocycles. The van der Waals surface area contributed by atoms with E-state index in [0.29, 0.717) is 29.2 Å². The number of carboxylic acids is 2. The summed E-state index contributed by atoms with van der Waals surface area (Å²) in [6.45, 7) is 6.78. The molecule has 0 aromatic heterocycles. The lowest BCUT2D eigenvalue weighted by Crippen LogP contribution is -2.22. The lowest BCUT2D eigenvalue weighted by molar-refractivity contribution is -0.153. The first-order valence-corrected chi connectivity index (χ1v) is 36.7. The molecule has 0 radical (unpaired) electrons. The quantitative estimate of drug-likeness (QED) is 0.0120. The van der Waals surface area contributed by atoms with E-state index in [-0.39, 0.29) is 50.0 Å². The van der Waals surface area contributed by atoms with E-state index in [1.165, 1.54) is 238 Å². The average molecular weight is 1270 g/mol. The summed E-state index contributed by atoms with van der Waals surface area (Å²) in [6.07, 6.45) is 68.0. The lowest BCUT2D eigenvalue weighted by Gasteiger charge is -2.13. The minimum atomic E-state index is -1.01. The molecule has 2 aromatic rings. The highest BCUT2D eigenvalue weighted by Gasteiger charge is 2.32. The number of unbranched alkanes of at least 4 members (excludes halogenated alkanes) is 39. The van der Waals surface area contributed by atoms with Crippen molar-refractivity contribution in [2.24, 2.45) is 17.8 Å². The number of esters is 2. The van der Waals surface area contributed by atoms with Gasteiger partial charge in [0, 0.05) is 35.6 Å². The largest absolute Gasteiger partial charge is 0.481 e. The fraction of sp³-hybridized carbons (Fsp3) is 0.692. The van der Waals surface area contributed by atoms with Crippen molar-refractivity contribution in [3.8, 4) is 0 Å². The standard InChI is InChI=1S/C50H84N2O6.C22H38O3.C6H8N2/c1-3-5-7-9-11-13-15-17-19-21-23-25-27-29-31-33-36-43(49(55)56)40-47(53)51-45-38-35-39-46(42-45)52-48(54)41-44(50(57)58)37-34-32-30-28-26-24-22-20-18-16-14-12-10-8-6-4-2;1-2-3-4-5-6-7-8-9-10-11-12-13-14-15-16-17-18-20-19-21(23)25-22(20)24;7-5-2-1-3-6(8)4-5/h31-35,38-39,42-44H,3-30,36-37,40-41H2,1-2H3,(H,51,53)(H,52,54)(H,55,56)(H,57,58);16-17,20H,2-15,18-19H2,1H3;1-4H,7-8H2/b33-31+,34-32+;17-16+;. The molecule has 13 nitrogen and oxygen atoms in total. The van der Waals surface area contributed by atoms with E-state index in [1.807, 2.05) is 36.4 Å². The Balaban J connectivity index is 0.00000102. The summed E-state index contributed by atoms with van der Waals surface area (Å²) < 4.78 is 4.54. The highest BCUT2D eigenvalue weighted by Crippen LogP contribution is 2.23. The fourth-order valence-corrected chi connectivity index (χ4v) is 11.3. The molecule has 0 aliphatic carbocycles. The monoisotopic (exact) mass is 1270 g/mol. The highest BCUT2D eigenvalue weighted by atomic mass is 16.6. The van der Waals surface area contributed by atoms with Crippen LogP contribution >= 0.6 is 0 Å². The number of nitrogen functional groups attached to an aromatic ring is 2. The summed E-state index contributed by atoms with van der Waals surface area (Å²) in [4.78, 5) is 71.6. The Morgan fingerprint density at radius 1 is 0.440 bits per heavy atom. The molecule has 0 bridgehead atoms. The number of carbonyl (C=O) groups excluding carboxylic acids is 4. The second-order valence-corrected chi connectivity index (χ2v) is 25.7. The van der Waals surface area contributed by atoms with Crippen LogP contribution in [0.1, 0.15) is 329 Å². The van der Waals surface area contributed by atoms with Crippen LogP contribution in [-0.2, 0) is 33.5 Å². The third-order valence-corrected chi connectivity index (χ3v) is 17.0. The number of hydrogen-bond acceptors (Lipinski definition) is 9. The van der Waals surface area contributed by atoms with E-state index in [0.717, 1.165) is 32.1 Å². The zero-order valence-corrected chi connectivity index (χ0v) is 57.7. The maximum atomic E-state index is 12.8. The van der Waals surface area contributed by atoms with E-state index >= 15 is 0 Å². The summed E-state index contributed by atoms with van der Waals surface area (Å²) in [5.74, 6) is -5.49.